The minimum Gasteiger partial charge on any atom is -0.411 e. The van der Waals surface area contributed by atoms with Crippen LogP contribution < -0.4 is 5.32 Å². The van der Waals surface area contributed by atoms with Crippen molar-refractivity contribution in [2.75, 3.05) is 11.1 Å². The van der Waals surface area contributed by atoms with Crippen molar-refractivity contribution in [2.45, 2.75) is 12.1 Å². The number of hydrogen-bond donors (Lipinski definition) is 1. The number of pyridine rings is 1. The van der Waals surface area contributed by atoms with Crippen molar-refractivity contribution >= 4 is 23.5 Å². The second kappa shape index (κ2) is 9.72. The van der Waals surface area contributed by atoms with Gasteiger partial charge in [-0.05, 0) is 31.2 Å². The van der Waals surface area contributed by atoms with Crippen molar-refractivity contribution in [3.8, 4) is 28.4 Å². The van der Waals surface area contributed by atoms with Crippen LogP contribution in [0.4, 0.5) is 5.82 Å². The summed E-state index contributed by atoms with van der Waals surface area (Å²) in [6.45, 7) is 2.04. The van der Waals surface area contributed by atoms with Gasteiger partial charge >= 0.3 is 0 Å². The number of benzene rings is 2. The molecule has 1 amide bonds. The summed E-state index contributed by atoms with van der Waals surface area (Å²) in [5.74, 6) is 0.865. The van der Waals surface area contributed by atoms with Gasteiger partial charge in [0, 0.05) is 29.6 Å². The number of aromatic nitrogens is 5. The van der Waals surface area contributed by atoms with Crippen molar-refractivity contribution < 1.29 is 9.21 Å². The first-order chi connectivity index (χ1) is 16.7. The third-order valence-corrected chi connectivity index (χ3v) is 5.80. The molecule has 5 aromatic rings. The summed E-state index contributed by atoms with van der Waals surface area (Å²) in [7, 11) is 0. The zero-order valence-electron chi connectivity index (χ0n) is 18.3. The average Bonchev–Trinajstić information content (AvgIpc) is 3.52. The van der Waals surface area contributed by atoms with E-state index in [1.807, 2.05) is 67.6 Å². The Kier molecular flexibility index (Phi) is 6.17. The molecule has 2 aromatic carbocycles. The fourth-order valence-corrected chi connectivity index (χ4v) is 3.85. The van der Waals surface area contributed by atoms with Crippen molar-refractivity contribution in [3.05, 3.63) is 90.8 Å². The lowest BCUT2D eigenvalue weighted by Crippen LogP contribution is -2.16. The maximum atomic E-state index is 12.8. The molecule has 0 radical (unpaired) electrons. The zero-order valence-corrected chi connectivity index (χ0v) is 19.1. The Bertz CT molecular complexity index is 1400. The Morgan fingerprint density at radius 2 is 1.74 bits per heavy atom. The molecular weight excluding hydrogens is 448 g/mol. The number of para-hydroxylation sites is 1. The minimum atomic E-state index is -0.207. The van der Waals surface area contributed by atoms with Crippen LogP contribution in [0.15, 0.2) is 94.8 Å². The normalized spacial score (nSPS) is 10.9. The van der Waals surface area contributed by atoms with E-state index in [0.29, 0.717) is 16.9 Å². The molecule has 0 saturated carbocycles. The molecule has 0 aliphatic carbocycles. The van der Waals surface area contributed by atoms with Crippen molar-refractivity contribution in [1.82, 2.24) is 25.0 Å². The number of nitrogens with one attached hydrogen (secondary N) is 1. The molecule has 8 nitrogen and oxygen atoms in total. The van der Waals surface area contributed by atoms with Crippen molar-refractivity contribution in [1.29, 1.82) is 0 Å². The average molecular weight is 469 g/mol. The van der Waals surface area contributed by atoms with Crippen LogP contribution >= 0.6 is 11.8 Å². The highest BCUT2D eigenvalue weighted by atomic mass is 32.2. The summed E-state index contributed by atoms with van der Waals surface area (Å²) < 4.78 is 7.38. The lowest BCUT2D eigenvalue weighted by atomic mass is 10.1. The molecule has 0 unspecified atom stereocenters. The molecule has 0 saturated heterocycles. The van der Waals surface area contributed by atoms with E-state index >= 15 is 0 Å². The number of carbonyl (C=O) groups excluding carboxylic acids is 1. The summed E-state index contributed by atoms with van der Waals surface area (Å²) in [5.41, 5.74) is 4.53. The molecule has 3 aromatic heterocycles. The van der Waals surface area contributed by atoms with Gasteiger partial charge in [-0.15, -0.1) is 10.2 Å². The van der Waals surface area contributed by atoms with E-state index < -0.39 is 0 Å². The van der Waals surface area contributed by atoms with Crippen LogP contribution in [0.1, 0.15) is 5.56 Å². The summed E-state index contributed by atoms with van der Waals surface area (Å²) in [6.07, 6.45) is 3.31. The Labute approximate surface area is 200 Å². The van der Waals surface area contributed by atoms with Gasteiger partial charge in [0.25, 0.3) is 5.22 Å². The summed E-state index contributed by atoms with van der Waals surface area (Å²) in [6, 6.07) is 23.2. The van der Waals surface area contributed by atoms with E-state index in [0.717, 1.165) is 22.5 Å². The van der Waals surface area contributed by atoms with Gasteiger partial charge in [0.1, 0.15) is 5.82 Å². The molecule has 0 aliphatic rings. The number of thioether (sulfide) groups is 1. The third-order valence-electron chi connectivity index (χ3n) is 4.99. The van der Waals surface area contributed by atoms with Gasteiger partial charge in [0.05, 0.1) is 17.1 Å². The second-order valence-corrected chi connectivity index (χ2v) is 8.40. The lowest BCUT2D eigenvalue weighted by Gasteiger charge is -2.08. The third kappa shape index (κ3) is 4.89. The van der Waals surface area contributed by atoms with E-state index in [-0.39, 0.29) is 11.7 Å². The predicted molar refractivity (Wildman–Crippen MR) is 131 cm³/mol. The first-order valence-corrected chi connectivity index (χ1v) is 11.5. The highest BCUT2D eigenvalue weighted by Crippen LogP contribution is 2.26. The van der Waals surface area contributed by atoms with Crippen LogP contribution in [0.25, 0.3) is 28.4 Å². The number of aryl methyl sites for hydroxylation is 1. The van der Waals surface area contributed by atoms with Crippen LogP contribution in [0.2, 0.25) is 0 Å². The Balaban J connectivity index is 1.32. The molecule has 0 aliphatic heterocycles. The molecule has 0 spiro atoms. The van der Waals surface area contributed by atoms with Gasteiger partial charge in [0.15, 0.2) is 0 Å². The molecule has 0 bridgehead atoms. The highest BCUT2D eigenvalue weighted by molar-refractivity contribution is 7.99. The van der Waals surface area contributed by atoms with Gasteiger partial charge in [-0.25, -0.2) is 4.68 Å². The van der Waals surface area contributed by atoms with Gasteiger partial charge in [-0.2, -0.15) is 5.10 Å². The number of rotatable bonds is 7. The quantitative estimate of drug-likeness (QED) is 0.335. The fourth-order valence-electron chi connectivity index (χ4n) is 3.29. The summed E-state index contributed by atoms with van der Waals surface area (Å²) >= 11 is 1.17. The van der Waals surface area contributed by atoms with Crippen LogP contribution in [0.5, 0.6) is 0 Å². The molecule has 168 valence electrons. The van der Waals surface area contributed by atoms with Crippen LogP contribution in [-0.2, 0) is 4.79 Å². The lowest BCUT2D eigenvalue weighted by molar-refractivity contribution is -0.113. The SMILES string of the molecule is Cc1ccc(-c2cc(NC(=O)CSc3nnc(-c4ccncc4)o3)n(-c3ccccc3)n2)cc1. The first-order valence-electron chi connectivity index (χ1n) is 10.5. The molecule has 1 N–H and O–H groups in total. The van der Waals surface area contributed by atoms with Crippen LogP contribution in [-0.4, -0.2) is 36.6 Å². The molecule has 5 rings (SSSR count). The highest BCUT2D eigenvalue weighted by Gasteiger charge is 2.16. The molecule has 34 heavy (non-hydrogen) atoms. The van der Waals surface area contributed by atoms with Crippen molar-refractivity contribution in [3.63, 3.8) is 0 Å². The zero-order chi connectivity index (χ0) is 23.3. The molecular formula is C25H20N6O2S. The Hall–Kier alpha value is -4.24. The van der Waals surface area contributed by atoms with Gasteiger partial charge in [-0.1, -0.05) is 59.8 Å². The van der Waals surface area contributed by atoms with E-state index in [1.54, 1.807) is 29.2 Å². The van der Waals surface area contributed by atoms with Crippen LogP contribution in [0.3, 0.4) is 0 Å². The van der Waals surface area contributed by atoms with E-state index in [1.165, 1.54) is 17.3 Å². The molecule has 0 fully saturated rings. The Morgan fingerprint density at radius 3 is 2.50 bits per heavy atom. The monoisotopic (exact) mass is 468 g/mol. The predicted octanol–water partition coefficient (Wildman–Crippen LogP) is 5.02. The summed E-state index contributed by atoms with van der Waals surface area (Å²) in [5, 5.41) is 16.1. The smallest absolute Gasteiger partial charge is 0.277 e. The summed E-state index contributed by atoms with van der Waals surface area (Å²) in [4.78, 5) is 16.7. The van der Waals surface area contributed by atoms with Gasteiger partial charge in [0.2, 0.25) is 11.8 Å². The molecule has 0 atom stereocenters. The number of hydrogen-bond acceptors (Lipinski definition) is 7. The second-order valence-electron chi connectivity index (χ2n) is 7.47. The van der Waals surface area contributed by atoms with E-state index in [4.69, 9.17) is 9.52 Å². The first kappa shape index (κ1) is 21.6. The standard InChI is InChI=1S/C25H20N6O2S/c1-17-7-9-18(10-8-17)21-15-22(31(30-21)20-5-3-2-4-6-20)27-23(32)16-34-25-29-28-24(33-25)19-11-13-26-14-12-19/h2-15H,16H2,1H3,(H,27,32). The van der Waals surface area contributed by atoms with Gasteiger partial charge in [-0.3, -0.25) is 9.78 Å². The largest absolute Gasteiger partial charge is 0.411 e. The maximum Gasteiger partial charge on any atom is 0.277 e. The van der Waals surface area contributed by atoms with E-state index in [9.17, 15) is 4.79 Å². The number of nitrogens with zero attached hydrogens (tertiary/aromatic N) is 5. The topological polar surface area (TPSA) is 98.7 Å². The molecule has 3 heterocycles. The number of amides is 1. The van der Waals surface area contributed by atoms with Gasteiger partial charge < -0.3 is 9.73 Å². The number of carbonyl (C=O) groups is 1. The van der Waals surface area contributed by atoms with Crippen molar-refractivity contribution in [2.24, 2.45) is 0 Å². The van der Waals surface area contributed by atoms with Crippen LogP contribution in [0, 0.1) is 6.92 Å². The fraction of sp³-hybridized carbons (Fsp3) is 0.0800. The maximum absolute atomic E-state index is 12.8. The molecule has 9 heteroatoms. The minimum absolute atomic E-state index is 0.109. The number of anilines is 1. The van der Waals surface area contributed by atoms with E-state index in [2.05, 4.69) is 20.5 Å². The Morgan fingerprint density at radius 1 is 0.971 bits per heavy atom.